The Balaban J connectivity index is 2.09. The van der Waals surface area contributed by atoms with Gasteiger partial charge in [0.2, 0.25) is 0 Å². The minimum atomic E-state index is 0.128. The first-order valence-corrected chi connectivity index (χ1v) is 5.70. The molecule has 1 aliphatic rings. The van der Waals surface area contributed by atoms with Crippen LogP contribution in [0.2, 0.25) is 0 Å². The number of nitrogen functional groups attached to an aromatic ring is 1. The molecule has 0 radical (unpaired) electrons. The molecular formula is C12H15N3O. The first-order chi connectivity index (χ1) is 7.86. The van der Waals surface area contributed by atoms with Crippen LogP contribution in [0.4, 0.5) is 5.69 Å². The average molecular weight is 217 g/mol. The van der Waals surface area contributed by atoms with Gasteiger partial charge in [-0.05, 0) is 31.4 Å². The van der Waals surface area contributed by atoms with Gasteiger partial charge in [0, 0.05) is 17.7 Å². The second-order valence-corrected chi connectivity index (χ2v) is 4.23. The van der Waals surface area contributed by atoms with Crippen LogP contribution >= 0.6 is 0 Å². The van der Waals surface area contributed by atoms with Crippen LogP contribution < -0.4 is 5.73 Å². The zero-order valence-electron chi connectivity index (χ0n) is 9.07. The van der Waals surface area contributed by atoms with Gasteiger partial charge in [0.1, 0.15) is 0 Å². The summed E-state index contributed by atoms with van der Waals surface area (Å²) in [6, 6.07) is 5.79. The maximum absolute atomic E-state index is 5.99. The molecule has 0 saturated carbocycles. The number of aromatic amines is 1. The monoisotopic (exact) mass is 217 g/mol. The Morgan fingerprint density at radius 3 is 3.12 bits per heavy atom. The Kier molecular flexibility index (Phi) is 2.29. The third kappa shape index (κ3) is 1.46. The molecule has 1 aromatic carbocycles. The van der Waals surface area contributed by atoms with Gasteiger partial charge >= 0.3 is 0 Å². The van der Waals surface area contributed by atoms with Crippen molar-refractivity contribution in [1.29, 1.82) is 0 Å². The standard InChI is InChI=1S/C12H15N3O/c13-8-4-3-5-9-11(8)12(15-14-9)10-6-1-2-7-16-10/h3-5,10H,1-2,6-7,13H2,(H,14,15). The highest BCUT2D eigenvalue weighted by molar-refractivity contribution is 5.92. The molecule has 1 aliphatic heterocycles. The number of benzene rings is 1. The van der Waals surface area contributed by atoms with Gasteiger partial charge in [-0.15, -0.1) is 0 Å². The zero-order valence-corrected chi connectivity index (χ0v) is 9.07. The van der Waals surface area contributed by atoms with Crippen molar-refractivity contribution in [3.8, 4) is 0 Å². The van der Waals surface area contributed by atoms with Gasteiger partial charge in [-0.25, -0.2) is 0 Å². The summed E-state index contributed by atoms with van der Waals surface area (Å²) in [6.45, 7) is 0.831. The summed E-state index contributed by atoms with van der Waals surface area (Å²) in [6.07, 6.45) is 3.53. The Morgan fingerprint density at radius 2 is 2.31 bits per heavy atom. The van der Waals surface area contributed by atoms with E-state index in [0.29, 0.717) is 0 Å². The smallest absolute Gasteiger partial charge is 0.0995 e. The molecule has 2 aromatic rings. The van der Waals surface area contributed by atoms with Gasteiger partial charge < -0.3 is 10.5 Å². The molecule has 4 nitrogen and oxygen atoms in total. The first-order valence-electron chi connectivity index (χ1n) is 5.70. The molecule has 1 atom stereocenters. The lowest BCUT2D eigenvalue weighted by molar-refractivity contribution is 0.0132. The van der Waals surface area contributed by atoms with Crippen LogP contribution in [0.5, 0.6) is 0 Å². The molecule has 0 aliphatic carbocycles. The van der Waals surface area contributed by atoms with Crippen molar-refractivity contribution in [1.82, 2.24) is 10.2 Å². The molecule has 4 heteroatoms. The Hall–Kier alpha value is -1.55. The number of rotatable bonds is 1. The molecule has 84 valence electrons. The molecule has 0 amide bonds. The van der Waals surface area contributed by atoms with E-state index in [9.17, 15) is 0 Å². The Bertz CT molecular complexity index is 500. The van der Waals surface area contributed by atoms with Crippen LogP contribution in [0, 0.1) is 0 Å². The van der Waals surface area contributed by atoms with Crippen molar-refractivity contribution in [2.75, 3.05) is 12.3 Å². The van der Waals surface area contributed by atoms with Gasteiger partial charge in [0.05, 0.1) is 17.3 Å². The quantitative estimate of drug-likeness (QED) is 0.721. The highest BCUT2D eigenvalue weighted by Gasteiger charge is 2.21. The number of hydrogen-bond donors (Lipinski definition) is 2. The number of nitrogens with zero attached hydrogens (tertiary/aromatic N) is 1. The summed E-state index contributed by atoms with van der Waals surface area (Å²) in [5.74, 6) is 0. The normalized spacial score (nSPS) is 21.4. The number of ether oxygens (including phenoxy) is 1. The topological polar surface area (TPSA) is 63.9 Å². The molecule has 0 bridgehead atoms. The number of fused-ring (bicyclic) bond motifs is 1. The third-order valence-electron chi connectivity index (χ3n) is 3.14. The maximum atomic E-state index is 5.99. The van der Waals surface area contributed by atoms with Crippen molar-refractivity contribution in [2.45, 2.75) is 25.4 Å². The lowest BCUT2D eigenvalue weighted by atomic mass is 10.0. The number of H-pyrrole nitrogens is 1. The summed E-state index contributed by atoms with van der Waals surface area (Å²) >= 11 is 0. The summed E-state index contributed by atoms with van der Waals surface area (Å²) < 4.78 is 5.76. The number of nitrogens with one attached hydrogen (secondary N) is 1. The van der Waals surface area contributed by atoms with Crippen molar-refractivity contribution in [3.63, 3.8) is 0 Å². The van der Waals surface area contributed by atoms with E-state index in [4.69, 9.17) is 10.5 Å². The minimum Gasteiger partial charge on any atom is -0.398 e. The second-order valence-electron chi connectivity index (χ2n) is 4.23. The lowest BCUT2D eigenvalue weighted by Gasteiger charge is -2.21. The number of aromatic nitrogens is 2. The molecule has 16 heavy (non-hydrogen) atoms. The SMILES string of the molecule is Nc1cccc2n[nH]c(C3CCCCO3)c12. The zero-order chi connectivity index (χ0) is 11.0. The Labute approximate surface area is 93.8 Å². The van der Waals surface area contributed by atoms with Gasteiger partial charge in [-0.2, -0.15) is 5.10 Å². The highest BCUT2D eigenvalue weighted by Crippen LogP contribution is 2.33. The fraction of sp³-hybridized carbons (Fsp3) is 0.417. The molecule has 2 heterocycles. The van der Waals surface area contributed by atoms with E-state index in [0.717, 1.165) is 41.7 Å². The molecule has 0 spiro atoms. The molecular weight excluding hydrogens is 202 g/mol. The van der Waals surface area contributed by atoms with Gasteiger partial charge in [0.25, 0.3) is 0 Å². The molecule has 3 rings (SSSR count). The van der Waals surface area contributed by atoms with E-state index in [2.05, 4.69) is 10.2 Å². The summed E-state index contributed by atoms with van der Waals surface area (Å²) in [7, 11) is 0. The molecule has 1 fully saturated rings. The second kappa shape index (κ2) is 3.79. The summed E-state index contributed by atoms with van der Waals surface area (Å²) in [5.41, 5.74) is 8.72. The van der Waals surface area contributed by atoms with Gasteiger partial charge in [-0.3, -0.25) is 5.10 Å². The minimum absolute atomic E-state index is 0.128. The summed E-state index contributed by atoms with van der Waals surface area (Å²) in [5, 5.41) is 8.36. The molecule has 1 aromatic heterocycles. The van der Waals surface area contributed by atoms with Crippen LogP contribution in [0.3, 0.4) is 0 Å². The fourth-order valence-corrected chi connectivity index (χ4v) is 2.32. The van der Waals surface area contributed by atoms with Gasteiger partial charge in [-0.1, -0.05) is 6.07 Å². The Morgan fingerprint density at radius 1 is 1.38 bits per heavy atom. The van der Waals surface area contributed by atoms with Crippen molar-refractivity contribution in [3.05, 3.63) is 23.9 Å². The number of nitrogens with two attached hydrogens (primary N) is 1. The van der Waals surface area contributed by atoms with E-state index < -0.39 is 0 Å². The van der Waals surface area contributed by atoms with Crippen LogP contribution in [0.25, 0.3) is 10.9 Å². The molecule has 3 N–H and O–H groups in total. The van der Waals surface area contributed by atoms with Crippen molar-refractivity contribution < 1.29 is 4.74 Å². The molecule has 1 saturated heterocycles. The van der Waals surface area contributed by atoms with E-state index in [-0.39, 0.29) is 6.10 Å². The average Bonchev–Trinajstić information content (AvgIpc) is 2.75. The van der Waals surface area contributed by atoms with E-state index in [1.807, 2.05) is 18.2 Å². The van der Waals surface area contributed by atoms with Crippen LogP contribution in [0.1, 0.15) is 31.1 Å². The maximum Gasteiger partial charge on any atom is 0.0995 e. The van der Waals surface area contributed by atoms with E-state index in [1.165, 1.54) is 6.42 Å². The van der Waals surface area contributed by atoms with Crippen LogP contribution in [-0.2, 0) is 4.74 Å². The predicted molar refractivity (Wildman–Crippen MR) is 63.1 cm³/mol. The van der Waals surface area contributed by atoms with E-state index in [1.54, 1.807) is 0 Å². The van der Waals surface area contributed by atoms with Gasteiger partial charge in [0.15, 0.2) is 0 Å². The van der Waals surface area contributed by atoms with Crippen LogP contribution in [0.15, 0.2) is 18.2 Å². The number of anilines is 1. The van der Waals surface area contributed by atoms with Crippen molar-refractivity contribution in [2.24, 2.45) is 0 Å². The summed E-state index contributed by atoms with van der Waals surface area (Å²) in [4.78, 5) is 0. The molecule has 1 unspecified atom stereocenters. The van der Waals surface area contributed by atoms with Crippen LogP contribution in [-0.4, -0.2) is 16.8 Å². The highest BCUT2D eigenvalue weighted by atomic mass is 16.5. The fourth-order valence-electron chi connectivity index (χ4n) is 2.32. The number of hydrogen-bond acceptors (Lipinski definition) is 3. The first kappa shape index (κ1) is 9.66. The van der Waals surface area contributed by atoms with Crippen molar-refractivity contribution >= 4 is 16.6 Å². The van der Waals surface area contributed by atoms with E-state index >= 15 is 0 Å². The third-order valence-corrected chi connectivity index (χ3v) is 3.14. The lowest BCUT2D eigenvalue weighted by Crippen LogP contribution is -2.12. The largest absolute Gasteiger partial charge is 0.398 e. The predicted octanol–water partition coefficient (Wildman–Crippen LogP) is 2.39.